The number of aryl methyl sites for hydroxylation is 2. The van der Waals surface area contributed by atoms with Crippen LogP contribution in [0.4, 0.5) is 5.00 Å². The maximum Gasteiger partial charge on any atom is 0.251 e. The van der Waals surface area contributed by atoms with Gasteiger partial charge >= 0.3 is 0 Å². The number of primary amides is 1. The Labute approximate surface area is 191 Å². The molecule has 2 aromatic heterocycles. The molecule has 162 valence electrons. The largest absolute Gasteiger partial charge is 0.486 e. The number of halogens is 1. The highest BCUT2D eigenvalue weighted by Gasteiger charge is 2.26. The number of thiophene rings is 1. The molecule has 2 heterocycles. The highest BCUT2D eigenvalue weighted by atomic mass is 35.5. The van der Waals surface area contributed by atoms with Crippen LogP contribution >= 0.6 is 34.7 Å². The summed E-state index contributed by atoms with van der Waals surface area (Å²) in [6.45, 7) is 2.11. The predicted molar refractivity (Wildman–Crippen MR) is 121 cm³/mol. The number of fused-ring (bicyclic) bond motifs is 1. The number of benzene rings is 1. The van der Waals surface area contributed by atoms with Gasteiger partial charge < -0.3 is 15.8 Å². The Bertz CT molecular complexity index is 1140. The van der Waals surface area contributed by atoms with Crippen LogP contribution in [-0.4, -0.2) is 32.7 Å². The molecule has 0 spiro atoms. The van der Waals surface area contributed by atoms with E-state index in [0.717, 1.165) is 35.3 Å². The van der Waals surface area contributed by atoms with Gasteiger partial charge in [-0.1, -0.05) is 23.4 Å². The number of thioether (sulfide) groups is 1. The zero-order valence-electron chi connectivity index (χ0n) is 16.7. The van der Waals surface area contributed by atoms with E-state index < -0.39 is 5.91 Å². The van der Waals surface area contributed by atoms with Gasteiger partial charge in [-0.25, -0.2) is 4.98 Å². The molecule has 2 amide bonds. The topological polar surface area (TPSA) is 123 Å². The number of hydrogen-bond acceptors (Lipinski definition) is 7. The lowest BCUT2D eigenvalue weighted by molar-refractivity contribution is -0.113. The number of nitrogens with one attached hydrogen (secondary N) is 2. The maximum absolute atomic E-state index is 12.4. The summed E-state index contributed by atoms with van der Waals surface area (Å²) in [4.78, 5) is 29.7. The molecule has 0 fully saturated rings. The fourth-order valence-corrected chi connectivity index (χ4v) is 5.36. The molecule has 0 aliphatic heterocycles. The van der Waals surface area contributed by atoms with Crippen molar-refractivity contribution in [2.24, 2.45) is 5.73 Å². The van der Waals surface area contributed by atoms with Gasteiger partial charge in [0.05, 0.1) is 11.3 Å². The molecule has 4 N–H and O–H groups in total. The van der Waals surface area contributed by atoms with E-state index in [1.807, 2.05) is 13.0 Å². The molecule has 1 aromatic carbocycles. The fourth-order valence-electron chi connectivity index (χ4n) is 3.31. The van der Waals surface area contributed by atoms with E-state index in [9.17, 15) is 9.59 Å². The van der Waals surface area contributed by atoms with Gasteiger partial charge in [-0.2, -0.15) is 0 Å². The Hall–Kier alpha value is -2.56. The summed E-state index contributed by atoms with van der Waals surface area (Å²) in [5, 5.41) is 11.4. The summed E-state index contributed by atoms with van der Waals surface area (Å²) >= 11 is 8.64. The SMILES string of the molecule is Cc1cc(OCc2nc(SCC(=O)Nc3sc4c(c3C(N)=O)CCC4)n[nH]2)ccc1Cl. The zero-order chi connectivity index (χ0) is 22.0. The highest BCUT2D eigenvalue weighted by molar-refractivity contribution is 7.99. The summed E-state index contributed by atoms with van der Waals surface area (Å²) in [6.07, 6.45) is 2.76. The Balaban J connectivity index is 1.30. The number of aromatic amines is 1. The van der Waals surface area contributed by atoms with Crippen LogP contribution in [0.15, 0.2) is 23.4 Å². The van der Waals surface area contributed by atoms with Crippen LogP contribution in [0.2, 0.25) is 5.02 Å². The highest BCUT2D eigenvalue weighted by Crippen LogP contribution is 2.38. The minimum absolute atomic E-state index is 0.106. The fraction of sp³-hybridized carbons (Fsp3) is 0.300. The number of carbonyl (C=O) groups is 2. The first-order chi connectivity index (χ1) is 14.9. The van der Waals surface area contributed by atoms with Crippen molar-refractivity contribution in [3.8, 4) is 5.75 Å². The molecule has 0 radical (unpaired) electrons. The Morgan fingerprint density at radius 1 is 1.39 bits per heavy atom. The second-order valence-corrected chi connectivity index (χ2v) is 9.48. The molecular formula is C20H20ClN5O3S2. The molecule has 1 aliphatic rings. The number of amides is 2. The van der Waals surface area contributed by atoms with Crippen LogP contribution in [0.1, 0.15) is 38.6 Å². The van der Waals surface area contributed by atoms with Crippen molar-refractivity contribution in [3.05, 3.63) is 50.6 Å². The molecule has 0 saturated heterocycles. The van der Waals surface area contributed by atoms with Crippen LogP contribution in [0.5, 0.6) is 5.75 Å². The van der Waals surface area contributed by atoms with Gasteiger partial charge in [0.2, 0.25) is 11.1 Å². The minimum atomic E-state index is -0.503. The lowest BCUT2D eigenvalue weighted by atomic mass is 10.1. The van der Waals surface area contributed by atoms with Gasteiger partial charge in [0, 0.05) is 9.90 Å². The normalized spacial score (nSPS) is 12.6. The van der Waals surface area contributed by atoms with E-state index in [4.69, 9.17) is 22.1 Å². The van der Waals surface area contributed by atoms with Gasteiger partial charge in [-0.3, -0.25) is 14.7 Å². The van der Waals surface area contributed by atoms with Crippen molar-refractivity contribution >= 4 is 51.5 Å². The van der Waals surface area contributed by atoms with Crippen LogP contribution < -0.4 is 15.8 Å². The first kappa shape index (κ1) is 21.7. The number of anilines is 1. The Kier molecular flexibility index (Phi) is 6.49. The first-order valence-corrected chi connectivity index (χ1v) is 11.8. The number of nitrogens with two attached hydrogens (primary N) is 1. The molecule has 11 heteroatoms. The van der Waals surface area contributed by atoms with Crippen molar-refractivity contribution < 1.29 is 14.3 Å². The number of H-pyrrole nitrogens is 1. The van der Waals surface area contributed by atoms with E-state index in [2.05, 4.69) is 20.5 Å². The van der Waals surface area contributed by atoms with Gasteiger partial charge in [0.15, 0.2) is 5.82 Å². The van der Waals surface area contributed by atoms with Crippen LogP contribution in [-0.2, 0) is 24.2 Å². The summed E-state index contributed by atoms with van der Waals surface area (Å²) < 4.78 is 5.69. The number of ether oxygens (including phenoxy) is 1. The van der Waals surface area contributed by atoms with E-state index in [1.165, 1.54) is 23.1 Å². The molecule has 31 heavy (non-hydrogen) atoms. The van der Waals surface area contributed by atoms with Gasteiger partial charge in [-0.15, -0.1) is 16.4 Å². The van der Waals surface area contributed by atoms with E-state index in [-0.39, 0.29) is 18.3 Å². The number of nitrogens with zero attached hydrogens (tertiary/aromatic N) is 2. The number of carbonyl (C=O) groups excluding carboxylic acids is 2. The molecule has 3 aromatic rings. The molecule has 4 rings (SSSR count). The molecule has 0 unspecified atom stereocenters. The predicted octanol–water partition coefficient (Wildman–Crippen LogP) is 3.73. The monoisotopic (exact) mass is 477 g/mol. The van der Waals surface area contributed by atoms with Gasteiger partial charge in [-0.05, 0) is 55.5 Å². The van der Waals surface area contributed by atoms with Crippen LogP contribution in [0.25, 0.3) is 0 Å². The summed E-state index contributed by atoms with van der Waals surface area (Å²) in [7, 11) is 0. The number of aromatic nitrogens is 3. The van der Waals surface area contributed by atoms with Crippen molar-refractivity contribution in [2.75, 3.05) is 11.1 Å². The average molecular weight is 478 g/mol. The molecule has 0 bridgehead atoms. The third kappa shape index (κ3) is 5.03. The van der Waals surface area contributed by atoms with E-state index in [1.54, 1.807) is 12.1 Å². The number of rotatable bonds is 8. The van der Waals surface area contributed by atoms with E-state index in [0.29, 0.717) is 32.3 Å². The van der Waals surface area contributed by atoms with Crippen molar-refractivity contribution in [1.29, 1.82) is 0 Å². The maximum atomic E-state index is 12.4. The second kappa shape index (κ2) is 9.29. The molecule has 1 aliphatic carbocycles. The third-order valence-corrected chi connectivity index (χ3v) is 7.25. The molecule has 0 atom stereocenters. The molecule has 0 saturated carbocycles. The minimum Gasteiger partial charge on any atom is -0.486 e. The van der Waals surface area contributed by atoms with Crippen molar-refractivity contribution in [3.63, 3.8) is 0 Å². The quantitative estimate of drug-likeness (QED) is 0.425. The summed E-state index contributed by atoms with van der Waals surface area (Å²) in [5.41, 5.74) is 7.89. The standard InChI is InChI=1S/C20H20ClN5O3S2/c1-10-7-11(5-6-13(10)21)29-8-15-23-20(26-25-15)30-9-16(27)24-19-17(18(22)28)12-3-2-4-14(12)31-19/h5-7H,2-4,8-9H2,1H3,(H2,22,28)(H,24,27)(H,23,25,26). The third-order valence-electron chi connectivity index (χ3n) is 4.77. The smallest absolute Gasteiger partial charge is 0.251 e. The first-order valence-electron chi connectivity index (χ1n) is 9.58. The summed E-state index contributed by atoms with van der Waals surface area (Å²) in [6, 6.07) is 5.41. The average Bonchev–Trinajstić information content (AvgIpc) is 3.43. The van der Waals surface area contributed by atoms with Crippen molar-refractivity contribution in [2.45, 2.75) is 37.9 Å². The number of hydrogen-bond donors (Lipinski definition) is 3. The summed E-state index contributed by atoms with van der Waals surface area (Å²) in [5.74, 6) is 0.583. The molecular weight excluding hydrogens is 458 g/mol. The van der Waals surface area contributed by atoms with E-state index >= 15 is 0 Å². The Morgan fingerprint density at radius 2 is 2.23 bits per heavy atom. The van der Waals surface area contributed by atoms with Crippen LogP contribution in [0.3, 0.4) is 0 Å². The lowest BCUT2D eigenvalue weighted by Gasteiger charge is -2.05. The van der Waals surface area contributed by atoms with Crippen molar-refractivity contribution in [1.82, 2.24) is 15.2 Å². The molecule has 8 nitrogen and oxygen atoms in total. The van der Waals surface area contributed by atoms with Crippen LogP contribution in [0, 0.1) is 6.92 Å². The Morgan fingerprint density at radius 3 is 3.00 bits per heavy atom. The second-order valence-electron chi connectivity index (χ2n) is 7.03. The zero-order valence-corrected chi connectivity index (χ0v) is 19.0. The lowest BCUT2D eigenvalue weighted by Crippen LogP contribution is -2.18. The van der Waals surface area contributed by atoms with Gasteiger partial charge in [0.25, 0.3) is 5.91 Å². The van der Waals surface area contributed by atoms with Gasteiger partial charge in [0.1, 0.15) is 17.4 Å².